The third kappa shape index (κ3) is 6.49. The molecule has 2 aliphatic heterocycles. The zero-order valence-electron chi connectivity index (χ0n) is 18.3. The molecule has 2 fully saturated rings. The van der Waals surface area contributed by atoms with Crippen LogP contribution >= 0.6 is 0 Å². The van der Waals surface area contributed by atoms with Crippen molar-refractivity contribution < 1.29 is 17.7 Å². The highest BCUT2D eigenvalue weighted by molar-refractivity contribution is 7.88. The molecule has 9 nitrogen and oxygen atoms in total. The second kappa shape index (κ2) is 10.2. The van der Waals surface area contributed by atoms with E-state index in [1.807, 2.05) is 0 Å². The van der Waals surface area contributed by atoms with E-state index in [0.717, 1.165) is 25.9 Å². The summed E-state index contributed by atoms with van der Waals surface area (Å²) in [7, 11) is -3.14. The van der Waals surface area contributed by atoms with Crippen LogP contribution in [-0.2, 0) is 21.2 Å². The topological polar surface area (TPSA) is 109 Å². The molecule has 1 aromatic heterocycles. The Hall–Kier alpha value is -1.52. The molecule has 10 heteroatoms. The Morgan fingerprint density at radius 1 is 1.17 bits per heavy atom. The molecule has 2 saturated heterocycles. The summed E-state index contributed by atoms with van der Waals surface area (Å²) in [5.74, 6) is 1.83. The molecule has 1 amide bonds. The van der Waals surface area contributed by atoms with Crippen molar-refractivity contribution in [2.75, 3.05) is 39.0 Å². The molecule has 0 aliphatic carbocycles. The van der Waals surface area contributed by atoms with Crippen LogP contribution in [0.3, 0.4) is 0 Å². The van der Waals surface area contributed by atoms with Gasteiger partial charge in [0.15, 0.2) is 5.82 Å². The van der Waals surface area contributed by atoms with E-state index in [9.17, 15) is 13.2 Å². The van der Waals surface area contributed by atoms with Gasteiger partial charge in [-0.25, -0.2) is 12.7 Å². The van der Waals surface area contributed by atoms with E-state index >= 15 is 0 Å². The molecule has 2 aliphatic rings. The number of hydrogen-bond donors (Lipinski definition) is 1. The maximum absolute atomic E-state index is 12.2. The van der Waals surface area contributed by atoms with Gasteiger partial charge in [-0.05, 0) is 58.5 Å². The maximum Gasteiger partial charge on any atom is 0.228 e. The van der Waals surface area contributed by atoms with Gasteiger partial charge in [0.25, 0.3) is 0 Å². The van der Waals surface area contributed by atoms with Crippen molar-refractivity contribution in [3.63, 3.8) is 0 Å². The highest BCUT2D eigenvalue weighted by Crippen LogP contribution is 2.27. The molecule has 3 heterocycles. The van der Waals surface area contributed by atoms with Gasteiger partial charge in [0.2, 0.25) is 21.8 Å². The standard InChI is InChI=1S/C20H35N5O4S/c1-15(2)24-10-5-16(6-11-24)14-18(26)21-9-4-19-22-20(23-29-19)17-7-12-25(13-8-17)30(3,27)28/h15-17H,4-14H2,1-3H3,(H,21,26). The monoisotopic (exact) mass is 441 g/mol. The Kier molecular flexibility index (Phi) is 7.86. The molecule has 0 radical (unpaired) electrons. The van der Waals surface area contributed by atoms with Crippen LogP contribution in [0.15, 0.2) is 4.52 Å². The van der Waals surface area contributed by atoms with E-state index in [2.05, 4.69) is 34.2 Å². The number of likely N-dealkylation sites (tertiary alicyclic amines) is 1. The zero-order chi connectivity index (χ0) is 21.7. The lowest BCUT2D eigenvalue weighted by Crippen LogP contribution is -2.39. The summed E-state index contributed by atoms with van der Waals surface area (Å²) in [5, 5.41) is 7.04. The van der Waals surface area contributed by atoms with E-state index in [1.54, 1.807) is 0 Å². The molecule has 3 rings (SSSR count). The van der Waals surface area contributed by atoms with Crippen molar-refractivity contribution in [1.82, 2.24) is 24.7 Å². The summed E-state index contributed by atoms with van der Waals surface area (Å²) in [5.41, 5.74) is 0. The van der Waals surface area contributed by atoms with Gasteiger partial charge in [0.05, 0.1) is 6.26 Å². The summed E-state index contributed by atoms with van der Waals surface area (Å²) in [4.78, 5) is 19.2. The number of aromatic nitrogens is 2. The van der Waals surface area contributed by atoms with Crippen molar-refractivity contribution in [2.45, 2.75) is 64.3 Å². The fourth-order valence-electron chi connectivity index (χ4n) is 4.30. The minimum atomic E-state index is -3.14. The number of piperidine rings is 2. The van der Waals surface area contributed by atoms with E-state index in [0.29, 0.717) is 69.0 Å². The lowest BCUT2D eigenvalue weighted by molar-refractivity contribution is -0.122. The van der Waals surface area contributed by atoms with E-state index < -0.39 is 10.0 Å². The third-order valence-electron chi connectivity index (χ3n) is 6.29. The highest BCUT2D eigenvalue weighted by Gasteiger charge is 2.28. The average Bonchev–Trinajstić information content (AvgIpc) is 3.17. The molecule has 0 spiro atoms. The Balaban J connectivity index is 1.35. The summed E-state index contributed by atoms with van der Waals surface area (Å²) in [6.07, 6.45) is 5.87. The molecule has 0 aromatic carbocycles. The van der Waals surface area contributed by atoms with Gasteiger partial charge < -0.3 is 14.7 Å². The van der Waals surface area contributed by atoms with Gasteiger partial charge in [0.1, 0.15) is 0 Å². The minimum Gasteiger partial charge on any atom is -0.356 e. The van der Waals surface area contributed by atoms with Crippen LogP contribution < -0.4 is 5.32 Å². The van der Waals surface area contributed by atoms with Crippen molar-refractivity contribution in [3.8, 4) is 0 Å². The Morgan fingerprint density at radius 3 is 2.43 bits per heavy atom. The van der Waals surface area contributed by atoms with Crippen LogP contribution in [0.25, 0.3) is 0 Å². The van der Waals surface area contributed by atoms with Gasteiger partial charge in [-0.15, -0.1) is 0 Å². The first-order valence-corrected chi connectivity index (χ1v) is 12.9. The third-order valence-corrected chi connectivity index (χ3v) is 7.59. The zero-order valence-corrected chi connectivity index (χ0v) is 19.2. The molecular formula is C20H35N5O4S. The van der Waals surface area contributed by atoms with Crippen molar-refractivity contribution in [2.24, 2.45) is 5.92 Å². The van der Waals surface area contributed by atoms with Crippen molar-refractivity contribution in [1.29, 1.82) is 0 Å². The summed E-state index contributed by atoms with van der Waals surface area (Å²) >= 11 is 0. The number of sulfonamides is 1. The van der Waals surface area contributed by atoms with E-state index in [4.69, 9.17) is 4.52 Å². The Labute approximate surface area is 179 Å². The smallest absolute Gasteiger partial charge is 0.228 e. The largest absolute Gasteiger partial charge is 0.356 e. The molecular weight excluding hydrogens is 406 g/mol. The summed E-state index contributed by atoms with van der Waals surface area (Å²) < 4.78 is 30.0. The number of nitrogens with one attached hydrogen (secondary N) is 1. The van der Waals surface area contributed by atoms with Gasteiger partial charge in [-0.1, -0.05) is 5.16 Å². The quantitative estimate of drug-likeness (QED) is 0.649. The van der Waals surface area contributed by atoms with E-state index in [1.165, 1.54) is 10.6 Å². The normalized spacial score (nSPS) is 20.7. The van der Waals surface area contributed by atoms with Crippen molar-refractivity contribution in [3.05, 3.63) is 11.7 Å². The fraction of sp³-hybridized carbons (Fsp3) is 0.850. The predicted molar refractivity (Wildman–Crippen MR) is 113 cm³/mol. The van der Waals surface area contributed by atoms with Crippen LogP contribution in [0, 0.1) is 5.92 Å². The van der Waals surface area contributed by atoms with Gasteiger partial charge in [-0.2, -0.15) is 4.98 Å². The number of hydrogen-bond acceptors (Lipinski definition) is 7. The highest BCUT2D eigenvalue weighted by atomic mass is 32.2. The molecule has 1 aromatic rings. The molecule has 0 saturated carbocycles. The molecule has 30 heavy (non-hydrogen) atoms. The van der Waals surface area contributed by atoms with Gasteiger partial charge in [-0.3, -0.25) is 4.79 Å². The molecule has 0 atom stereocenters. The lowest BCUT2D eigenvalue weighted by Gasteiger charge is -2.34. The summed E-state index contributed by atoms with van der Waals surface area (Å²) in [6, 6.07) is 0.575. The Bertz CT molecular complexity index is 794. The predicted octanol–water partition coefficient (Wildman–Crippen LogP) is 1.38. The van der Waals surface area contributed by atoms with Crippen LogP contribution in [0.5, 0.6) is 0 Å². The number of carbonyl (C=O) groups is 1. The van der Waals surface area contributed by atoms with Gasteiger partial charge in [0, 0.05) is 44.4 Å². The first-order chi connectivity index (χ1) is 14.2. The molecule has 170 valence electrons. The second-order valence-corrected chi connectivity index (χ2v) is 10.8. The first kappa shape index (κ1) is 23.1. The molecule has 0 bridgehead atoms. The van der Waals surface area contributed by atoms with Crippen LogP contribution in [0.4, 0.5) is 0 Å². The minimum absolute atomic E-state index is 0.0888. The second-order valence-electron chi connectivity index (χ2n) is 8.86. The van der Waals surface area contributed by atoms with Crippen LogP contribution in [0.2, 0.25) is 0 Å². The molecule has 0 unspecified atom stereocenters. The molecule has 1 N–H and O–H groups in total. The number of carbonyl (C=O) groups excluding carboxylic acids is 1. The van der Waals surface area contributed by atoms with Crippen molar-refractivity contribution >= 4 is 15.9 Å². The summed E-state index contributed by atoms with van der Waals surface area (Å²) in [6.45, 7) is 8.03. The number of rotatable bonds is 8. The lowest BCUT2D eigenvalue weighted by atomic mass is 9.92. The van der Waals surface area contributed by atoms with Crippen LogP contribution in [-0.4, -0.2) is 78.7 Å². The number of amides is 1. The first-order valence-electron chi connectivity index (χ1n) is 11.0. The maximum atomic E-state index is 12.2. The fourth-order valence-corrected chi connectivity index (χ4v) is 5.17. The Morgan fingerprint density at radius 2 is 1.83 bits per heavy atom. The SMILES string of the molecule is CC(C)N1CCC(CC(=O)NCCc2nc(C3CCN(S(C)(=O)=O)CC3)no2)CC1. The van der Waals surface area contributed by atoms with Crippen LogP contribution in [0.1, 0.15) is 63.6 Å². The average molecular weight is 442 g/mol. The van der Waals surface area contributed by atoms with E-state index in [-0.39, 0.29) is 11.8 Å². The number of nitrogens with zero attached hydrogens (tertiary/aromatic N) is 4. The van der Waals surface area contributed by atoms with Gasteiger partial charge >= 0.3 is 0 Å².